The van der Waals surface area contributed by atoms with Crippen LogP contribution in [0.2, 0.25) is 0 Å². The summed E-state index contributed by atoms with van der Waals surface area (Å²) in [6.45, 7) is 3.15. The van der Waals surface area contributed by atoms with Crippen LogP contribution in [0.1, 0.15) is 25.7 Å². The predicted octanol–water partition coefficient (Wildman–Crippen LogP) is 0.419. The molecule has 0 bridgehead atoms. The van der Waals surface area contributed by atoms with Crippen LogP contribution in [0.3, 0.4) is 0 Å². The van der Waals surface area contributed by atoms with Gasteiger partial charge in [-0.3, -0.25) is 9.59 Å². The summed E-state index contributed by atoms with van der Waals surface area (Å²) >= 11 is 3.14. The van der Waals surface area contributed by atoms with Crippen molar-refractivity contribution >= 4 is 35.3 Å². The van der Waals surface area contributed by atoms with E-state index in [1.54, 1.807) is 23.5 Å². The number of rotatable bonds is 11. The van der Waals surface area contributed by atoms with Crippen LogP contribution in [0.15, 0.2) is 0 Å². The molecule has 0 aliphatic carbocycles. The second-order valence-corrected chi connectivity index (χ2v) is 8.55. The molecule has 0 aromatic rings. The number of hydrogen-bond acceptors (Lipinski definition) is 6. The summed E-state index contributed by atoms with van der Waals surface area (Å²) in [5.41, 5.74) is 0. The molecule has 2 saturated heterocycles. The number of carbonyl (C=O) groups is 2. The van der Waals surface area contributed by atoms with Gasteiger partial charge in [-0.2, -0.15) is 23.5 Å². The Morgan fingerprint density at radius 3 is 1.58 bits per heavy atom. The van der Waals surface area contributed by atoms with E-state index < -0.39 is 12.2 Å². The lowest BCUT2D eigenvalue weighted by atomic mass is 10.3. The van der Waals surface area contributed by atoms with Crippen LogP contribution >= 0.6 is 23.5 Å². The number of carbonyl (C=O) groups excluding carboxylic acids is 2. The van der Waals surface area contributed by atoms with Crippen molar-refractivity contribution in [2.75, 3.05) is 49.2 Å². The van der Waals surface area contributed by atoms with E-state index in [2.05, 4.69) is 0 Å². The first-order chi connectivity index (χ1) is 11.6. The van der Waals surface area contributed by atoms with E-state index in [0.717, 1.165) is 50.5 Å². The third kappa shape index (κ3) is 6.46. The molecule has 8 heteroatoms. The molecule has 138 valence electrons. The van der Waals surface area contributed by atoms with Gasteiger partial charge in [-0.25, -0.2) is 0 Å². The zero-order valence-corrected chi connectivity index (χ0v) is 15.7. The smallest absolute Gasteiger partial charge is 0.222 e. The normalized spacial score (nSPS) is 20.9. The van der Waals surface area contributed by atoms with Crippen LogP contribution in [0, 0.1) is 0 Å². The van der Waals surface area contributed by atoms with Crippen LogP contribution in [-0.4, -0.2) is 93.2 Å². The highest BCUT2D eigenvalue weighted by Crippen LogP contribution is 2.15. The Bertz CT molecular complexity index is 387. The van der Waals surface area contributed by atoms with Gasteiger partial charge in [0.15, 0.2) is 0 Å². The average molecular weight is 377 g/mol. The third-order valence-corrected chi connectivity index (χ3v) is 6.47. The van der Waals surface area contributed by atoms with Crippen molar-refractivity contribution in [3.63, 3.8) is 0 Å². The maximum atomic E-state index is 11.5. The van der Waals surface area contributed by atoms with Crippen molar-refractivity contribution < 1.29 is 19.8 Å². The van der Waals surface area contributed by atoms with Crippen LogP contribution < -0.4 is 0 Å². The number of amides is 2. The van der Waals surface area contributed by atoms with Gasteiger partial charge in [0.25, 0.3) is 0 Å². The Morgan fingerprint density at radius 2 is 1.25 bits per heavy atom. The van der Waals surface area contributed by atoms with Crippen molar-refractivity contribution in [1.82, 2.24) is 9.80 Å². The standard InChI is InChI=1S/C16H28N2O4S2/c19-13(11-23-9-7-17-5-1-3-15(17)21)14(20)12-24-10-8-18-6-2-4-16(18)22/h13-14,19-20H,1-12H2/t13-,14+. The van der Waals surface area contributed by atoms with Crippen molar-refractivity contribution in [3.05, 3.63) is 0 Å². The molecule has 0 aromatic carbocycles. The largest absolute Gasteiger partial charge is 0.390 e. The van der Waals surface area contributed by atoms with Gasteiger partial charge in [-0.15, -0.1) is 0 Å². The Morgan fingerprint density at radius 1 is 0.833 bits per heavy atom. The first-order valence-corrected chi connectivity index (χ1v) is 11.0. The molecule has 2 fully saturated rings. The van der Waals surface area contributed by atoms with E-state index in [1.165, 1.54) is 0 Å². The molecule has 0 aromatic heterocycles. The second-order valence-electron chi connectivity index (χ2n) is 6.25. The lowest BCUT2D eigenvalue weighted by molar-refractivity contribution is -0.128. The summed E-state index contributed by atoms with van der Waals surface area (Å²) in [7, 11) is 0. The molecule has 2 aliphatic heterocycles. The molecule has 0 unspecified atom stereocenters. The van der Waals surface area contributed by atoms with Crippen LogP contribution in [0.25, 0.3) is 0 Å². The van der Waals surface area contributed by atoms with Crippen molar-refractivity contribution in [2.24, 2.45) is 0 Å². The highest BCUT2D eigenvalue weighted by molar-refractivity contribution is 7.99. The minimum atomic E-state index is -0.745. The minimum absolute atomic E-state index is 0.226. The van der Waals surface area contributed by atoms with E-state index in [0.29, 0.717) is 24.3 Å². The van der Waals surface area contributed by atoms with Gasteiger partial charge in [0.05, 0.1) is 12.2 Å². The first-order valence-electron chi connectivity index (χ1n) is 8.65. The molecule has 2 amide bonds. The van der Waals surface area contributed by atoms with E-state index in [4.69, 9.17) is 0 Å². The average Bonchev–Trinajstić information content (AvgIpc) is 3.16. The molecule has 2 atom stereocenters. The molecule has 0 radical (unpaired) electrons. The SMILES string of the molecule is O=C1CCCN1CCSC[C@@H](O)[C@@H](O)CSCCN1CCCC1=O. The molecule has 0 spiro atoms. The molecule has 0 saturated carbocycles. The zero-order valence-electron chi connectivity index (χ0n) is 14.1. The molecule has 6 nitrogen and oxygen atoms in total. The highest BCUT2D eigenvalue weighted by atomic mass is 32.2. The lowest BCUT2D eigenvalue weighted by Crippen LogP contribution is -2.32. The monoisotopic (exact) mass is 376 g/mol. The van der Waals surface area contributed by atoms with Gasteiger partial charge in [0, 0.05) is 62.0 Å². The van der Waals surface area contributed by atoms with E-state index in [-0.39, 0.29) is 11.8 Å². The van der Waals surface area contributed by atoms with Crippen molar-refractivity contribution in [1.29, 1.82) is 0 Å². The molecule has 24 heavy (non-hydrogen) atoms. The minimum Gasteiger partial charge on any atom is -0.390 e. The zero-order chi connectivity index (χ0) is 17.4. The predicted molar refractivity (Wildman–Crippen MR) is 98.3 cm³/mol. The maximum absolute atomic E-state index is 11.5. The molecule has 2 aliphatic rings. The number of thioether (sulfide) groups is 2. The third-order valence-electron chi connectivity index (χ3n) is 4.38. The molecule has 2 heterocycles. The van der Waals surface area contributed by atoms with E-state index >= 15 is 0 Å². The molecular formula is C16H28N2O4S2. The van der Waals surface area contributed by atoms with Crippen LogP contribution in [-0.2, 0) is 9.59 Å². The Balaban J connectivity index is 1.48. The number of aliphatic hydroxyl groups is 2. The fourth-order valence-corrected chi connectivity index (χ4v) is 4.82. The van der Waals surface area contributed by atoms with Gasteiger partial charge in [-0.05, 0) is 12.8 Å². The Labute approximate surface area is 152 Å². The number of nitrogens with zero attached hydrogens (tertiary/aromatic N) is 2. The van der Waals surface area contributed by atoms with Gasteiger partial charge in [0.2, 0.25) is 11.8 Å². The highest BCUT2D eigenvalue weighted by Gasteiger charge is 2.21. The van der Waals surface area contributed by atoms with Crippen molar-refractivity contribution in [2.45, 2.75) is 37.9 Å². The number of hydrogen-bond donors (Lipinski definition) is 2. The van der Waals surface area contributed by atoms with Gasteiger partial charge in [0.1, 0.15) is 0 Å². The van der Waals surface area contributed by atoms with Crippen LogP contribution in [0.5, 0.6) is 0 Å². The summed E-state index contributed by atoms with van der Waals surface area (Å²) in [4.78, 5) is 26.7. The van der Waals surface area contributed by atoms with Crippen LogP contribution in [0.4, 0.5) is 0 Å². The van der Waals surface area contributed by atoms with Gasteiger partial charge >= 0.3 is 0 Å². The van der Waals surface area contributed by atoms with E-state index in [1.807, 2.05) is 9.80 Å². The molecular weight excluding hydrogens is 348 g/mol. The topological polar surface area (TPSA) is 81.1 Å². The quantitative estimate of drug-likeness (QED) is 0.509. The fraction of sp³-hybridized carbons (Fsp3) is 0.875. The summed E-state index contributed by atoms with van der Waals surface area (Å²) in [6.07, 6.45) is 1.73. The summed E-state index contributed by atoms with van der Waals surface area (Å²) in [5.74, 6) is 3.00. The summed E-state index contributed by atoms with van der Waals surface area (Å²) < 4.78 is 0. The first kappa shape index (κ1) is 19.9. The summed E-state index contributed by atoms with van der Waals surface area (Å²) in [6, 6.07) is 0. The molecule has 2 N–H and O–H groups in total. The van der Waals surface area contributed by atoms with E-state index in [9.17, 15) is 19.8 Å². The summed E-state index contributed by atoms with van der Waals surface area (Å²) in [5, 5.41) is 20.0. The maximum Gasteiger partial charge on any atom is 0.222 e. The fourth-order valence-electron chi connectivity index (χ4n) is 2.86. The van der Waals surface area contributed by atoms with Gasteiger partial charge < -0.3 is 20.0 Å². The Kier molecular flexibility index (Phi) is 8.72. The van der Waals surface area contributed by atoms with Gasteiger partial charge in [-0.1, -0.05) is 0 Å². The lowest BCUT2D eigenvalue weighted by Gasteiger charge is -2.19. The second kappa shape index (κ2) is 10.5. The number of likely N-dealkylation sites (tertiary alicyclic amines) is 2. The Hall–Kier alpha value is -0.440. The number of aliphatic hydroxyl groups excluding tert-OH is 2. The van der Waals surface area contributed by atoms with Crippen molar-refractivity contribution in [3.8, 4) is 0 Å². The molecule has 2 rings (SSSR count).